The molecule has 6 nitrogen and oxygen atoms in total. The van der Waals surface area contributed by atoms with E-state index >= 15 is 0 Å². The van der Waals surface area contributed by atoms with E-state index in [2.05, 4.69) is 15.3 Å². The van der Waals surface area contributed by atoms with Gasteiger partial charge in [-0.3, -0.25) is 0 Å². The summed E-state index contributed by atoms with van der Waals surface area (Å²) >= 11 is 0. The Morgan fingerprint density at radius 2 is 1.26 bits per heavy atom. The van der Waals surface area contributed by atoms with Crippen molar-refractivity contribution in [3.05, 3.63) is 71.8 Å². The van der Waals surface area contributed by atoms with Gasteiger partial charge in [0.05, 0.1) is 6.04 Å². The molecule has 3 aromatic rings. The topological polar surface area (TPSA) is 116 Å². The fraction of sp³-hybridized carbons (Fsp3) is 0.0588. The van der Waals surface area contributed by atoms with Crippen LogP contribution in [0.1, 0.15) is 17.2 Å². The van der Waals surface area contributed by atoms with Gasteiger partial charge in [-0.15, -0.1) is 0 Å². The quantitative estimate of drug-likeness (QED) is 0.588. The van der Waals surface area contributed by atoms with Crippen molar-refractivity contribution in [1.29, 1.82) is 0 Å². The predicted molar refractivity (Wildman–Crippen MR) is 93.6 cm³/mol. The molecule has 0 saturated heterocycles. The minimum atomic E-state index is -0.131. The molecule has 0 radical (unpaired) electrons. The molecule has 0 fully saturated rings. The lowest BCUT2D eigenvalue weighted by molar-refractivity contribution is 0.926. The van der Waals surface area contributed by atoms with Crippen molar-refractivity contribution in [2.75, 3.05) is 22.5 Å². The minimum Gasteiger partial charge on any atom is -0.393 e. The van der Waals surface area contributed by atoms with Crippen molar-refractivity contribution < 1.29 is 0 Å². The van der Waals surface area contributed by atoms with Crippen LogP contribution in [-0.2, 0) is 0 Å². The summed E-state index contributed by atoms with van der Waals surface area (Å²) < 4.78 is 0. The maximum Gasteiger partial charge on any atom is 0.224 e. The lowest BCUT2D eigenvalue weighted by atomic mass is 9.99. The van der Waals surface area contributed by atoms with Crippen LogP contribution < -0.4 is 22.5 Å². The molecule has 6 heteroatoms. The third kappa shape index (κ3) is 3.16. The first-order valence-corrected chi connectivity index (χ1v) is 7.20. The molecule has 0 atom stereocenters. The summed E-state index contributed by atoms with van der Waals surface area (Å²) in [5.41, 5.74) is 19.9. The highest BCUT2D eigenvalue weighted by Crippen LogP contribution is 2.30. The third-order valence-electron chi connectivity index (χ3n) is 3.54. The monoisotopic (exact) mass is 306 g/mol. The minimum absolute atomic E-state index is 0.0825. The number of hydrogen-bond donors (Lipinski definition) is 4. The highest BCUT2D eigenvalue weighted by molar-refractivity contribution is 5.74. The number of nitrogens with two attached hydrogens (primary N) is 3. The normalized spacial score (nSPS) is 10.7. The Bertz CT molecular complexity index is 749. The summed E-state index contributed by atoms with van der Waals surface area (Å²) in [7, 11) is 0. The largest absolute Gasteiger partial charge is 0.393 e. The molecule has 0 saturated carbocycles. The molecule has 3 rings (SSSR count). The van der Waals surface area contributed by atoms with E-state index < -0.39 is 0 Å². The average Bonchev–Trinajstić information content (AvgIpc) is 2.58. The van der Waals surface area contributed by atoms with E-state index in [1.807, 2.05) is 60.7 Å². The van der Waals surface area contributed by atoms with Gasteiger partial charge in [0.25, 0.3) is 0 Å². The first-order chi connectivity index (χ1) is 11.1. The zero-order valence-electron chi connectivity index (χ0n) is 12.5. The number of rotatable bonds is 4. The molecule has 0 unspecified atom stereocenters. The SMILES string of the molecule is Nc1nc(N)c(N)c(NC(c2ccccc2)c2ccccc2)n1. The Balaban J connectivity index is 2.04. The Labute approximate surface area is 134 Å². The van der Waals surface area contributed by atoms with Gasteiger partial charge < -0.3 is 22.5 Å². The molecule has 1 aromatic heterocycles. The molecule has 7 N–H and O–H groups in total. The van der Waals surface area contributed by atoms with E-state index in [1.165, 1.54) is 0 Å². The molecule has 0 aliphatic rings. The number of benzene rings is 2. The van der Waals surface area contributed by atoms with Crippen LogP contribution in [-0.4, -0.2) is 9.97 Å². The molecular weight excluding hydrogens is 288 g/mol. The lowest BCUT2D eigenvalue weighted by Gasteiger charge is -2.21. The van der Waals surface area contributed by atoms with Crippen molar-refractivity contribution in [2.24, 2.45) is 0 Å². The fourth-order valence-electron chi connectivity index (χ4n) is 2.40. The Kier molecular flexibility index (Phi) is 3.97. The van der Waals surface area contributed by atoms with E-state index in [9.17, 15) is 0 Å². The van der Waals surface area contributed by atoms with Gasteiger partial charge >= 0.3 is 0 Å². The van der Waals surface area contributed by atoms with Gasteiger partial charge in [0.1, 0.15) is 5.69 Å². The van der Waals surface area contributed by atoms with E-state index in [1.54, 1.807) is 0 Å². The Morgan fingerprint density at radius 1 is 0.739 bits per heavy atom. The summed E-state index contributed by atoms with van der Waals surface area (Å²) in [5, 5.41) is 3.33. The van der Waals surface area contributed by atoms with E-state index in [-0.39, 0.29) is 23.5 Å². The van der Waals surface area contributed by atoms with Gasteiger partial charge in [-0.2, -0.15) is 9.97 Å². The zero-order valence-corrected chi connectivity index (χ0v) is 12.5. The van der Waals surface area contributed by atoms with Gasteiger partial charge in [0, 0.05) is 0 Å². The van der Waals surface area contributed by atoms with Gasteiger partial charge in [0.2, 0.25) is 5.95 Å². The number of nitrogen functional groups attached to an aromatic ring is 3. The van der Waals surface area contributed by atoms with Gasteiger partial charge in [0.15, 0.2) is 11.6 Å². The number of nitrogens with one attached hydrogen (secondary N) is 1. The van der Waals surface area contributed by atoms with Crippen LogP contribution >= 0.6 is 0 Å². The van der Waals surface area contributed by atoms with Gasteiger partial charge in [-0.25, -0.2) is 0 Å². The first-order valence-electron chi connectivity index (χ1n) is 7.20. The van der Waals surface area contributed by atoms with E-state index in [0.717, 1.165) is 11.1 Å². The average molecular weight is 306 g/mol. The van der Waals surface area contributed by atoms with E-state index in [4.69, 9.17) is 17.2 Å². The van der Waals surface area contributed by atoms with Crippen molar-refractivity contribution in [3.8, 4) is 0 Å². The van der Waals surface area contributed by atoms with Crippen molar-refractivity contribution in [2.45, 2.75) is 6.04 Å². The number of aromatic nitrogens is 2. The molecule has 0 amide bonds. The molecule has 2 aromatic carbocycles. The first kappa shape index (κ1) is 14.6. The maximum absolute atomic E-state index is 5.99. The summed E-state index contributed by atoms with van der Waals surface area (Å²) in [6.07, 6.45) is 0. The second kappa shape index (κ2) is 6.23. The van der Waals surface area contributed by atoms with Gasteiger partial charge in [-0.05, 0) is 11.1 Å². The summed E-state index contributed by atoms with van der Waals surface area (Å²) in [5.74, 6) is 0.673. The lowest BCUT2D eigenvalue weighted by Crippen LogP contribution is -2.16. The third-order valence-corrected chi connectivity index (χ3v) is 3.54. The van der Waals surface area contributed by atoms with Crippen molar-refractivity contribution in [3.63, 3.8) is 0 Å². The Hall–Kier alpha value is -3.28. The zero-order chi connectivity index (χ0) is 16.2. The van der Waals surface area contributed by atoms with Crippen molar-refractivity contribution in [1.82, 2.24) is 9.97 Å². The highest BCUT2D eigenvalue weighted by Gasteiger charge is 2.17. The van der Waals surface area contributed by atoms with Crippen LogP contribution in [0.15, 0.2) is 60.7 Å². The number of nitrogens with zero attached hydrogens (tertiary/aromatic N) is 2. The summed E-state index contributed by atoms with van der Waals surface area (Å²) in [4.78, 5) is 8.04. The fourth-order valence-corrected chi connectivity index (χ4v) is 2.40. The molecule has 0 bridgehead atoms. The predicted octanol–water partition coefficient (Wildman–Crippen LogP) is 2.42. The maximum atomic E-state index is 5.99. The van der Waals surface area contributed by atoms with E-state index in [0.29, 0.717) is 5.82 Å². The van der Waals surface area contributed by atoms with Crippen molar-refractivity contribution >= 4 is 23.3 Å². The molecule has 1 heterocycles. The second-order valence-corrected chi connectivity index (χ2v) is 5.13. The molecule has 116 valence electrons. The number of anilines is 4. The standard InChI is InChI=1S/C17H18N6/c18-13-15(19)22-17(20)23-16(13)21-14(11-7-3-1-4-8-11)12-9-5-2-6-10-12/h1-10,14H,18H2,(H5,19,20,21,22,23). The second-order valence-electron chi connectivity index (χ2n) is 5.13. The highest BCUT2D eigenvalue weighted by atomic mass is 15.1. The summed E-state index contributed by atoms with van der Waals surface area (Å²) in [6, 6.07) is 19.9. The molecule has 23 heavy (non-hydrogen) atoms. The van der Waals surface area contributed by atoms with Crippen LogP contribution in [0, 0.1) is 0 Å². The van der Waals surface area contributed by atoms with Crippen LogP contribution in [0.2, 0.25) is 0 Å². The smallest absolute Gasteiger partial charge is 0.224 e. The van der Waals surface area contributed by atoms with Crippen LogP contribution in [0.25, 0.3) is 0 Å². The van der Waals surface area contributed by atoms with Gasteiger partial charge in [-0.1, -0.05) is 60.7 Å². The molecule has 0 aliphatic carbocycles. The van der Waals surface area contributed by atoms with Crippen LogP contribution in [0.3, 0.4) is 0 Å². The number of hydrogen-bond acceptors (Lipinski definition) is 6. The molecule has 0 spiro atoms. The van der Waals surface area contributed by atoms with Crippen LogP contribution in [0.5, 0.6) is 0 Å². The van der Waals surface area contributed by atoms with Crippen LogP contribution in [0.4, 0.5) is 23.3 Å². The Morgan fingerprint density at radius 3 is 1.78 bits per heavy atom. The molecule has 0 aliphatic heterocycles. The summed E-state index contributed by atoms with van der Waals surface area (Å²) in [6.45, 7) is 0. The molecular formula is C17H18N6.